The Balaban J connectivity index is 1.60. The third-order valence-electron chi connectivity index (χ3n) is 4.28. The molecular weight excluding hydrogens is 406 g/mol. The van der Waals surface area contributed by atoms with E-state index in [1.165, 1.54) is 42.7 Å². The van der Waals surface area contributed by atoms with Crippen LogP contribution < -0.4 is 20.1 Å². The molecular formula is C21H15N3O7. The van der Waals surface area contributed by atoms with Crippen molar-refractivity contribution in [1.29, 1.82) is 0 Å². The molecule has 0 spiro atoms. The van der Waals surface area contributed by atoms with E-state index in [-0.39, 0.29) is 23.9 Å². The summed E-state index contributed by atoms with van der Waals surface area (Å²) in [4.78, 5) is 35.5. The van der Waals surface area contributed by atoms with Crippen LogP contribution in [0.5, 0.6) is 11.5 Å². The number of carbonyl (C=O) groups excluding carboxylic acids is 2. The van der Waals surface area contributed by atoms with Crippen molar-refractivity contribution < 1.29 is 28.4 Å². The number of fused-ring (bicyclic) bond motifs is 1. The Morgan fingerprint density at radius 3 is 2.52 bits per heavy atom. The van der Waals surface area contributed by atoms with E-state index in [1.807, 2.05) is 0 Å². The maximum atomic E-state index is 12.9. The van der Waals surface area contributed by atoms with Crippen molar-refractivity contribution in [3.05, 3.63) is 88.0 Å². The first-order valence-corrected chi connectivity index (χ1v) is 9.01. The SMILES string of the molecule is O=C(Nc1ccc([N+](=O)[O-])cc1)C(=Cc1ccc2c(c1)OCO2)NC(=O)c1ccco1. The molecule has 0 fully saturated rings. The van der Waals surface area contributed by atoms with E-state index >= 15 is 0 Å². The van der Waals surface area contributed by atoms with E-state index in [9.17, 15) is 19.7 Å². The number of benzene rings is 2. The van der Waals surface area contributed by atoms with Crippen molar-refractivity contribution in [2.24, 2.45) is 0 Å². The minimum Gasteiger partial charge on any atom is -0.459 e. The lowest BCUT2D eigenvalue weighted by molar-refractivity contribution is -0.384. The molecule has 2 N–H and O–H groups in total. The summed E-state index contributed by atoms with van der Waals surface area (Å²) >= 11 is 0. The second-order valence-electron chi connectivity index (χ2n) is 6.36. The molecule has 0 radical (unpaired) electrons. The molecule has 2 aromatic carbocycles. The van der Waals surface area contributed by atoms with Crippen LogP contribution in [0.3, 0.4) is 0 Å². The summed E-state index contributed by atoms with van der Waals surface area (Å²) in [7, 11) is 0. The molecule has 2 amide bonds. The number of hydrogen-bond donors (Lipinski definition) is 2. The van der Waals surface area contributed by atoms with Gasteiger partial charge in [-0.1, -0.05) is 6.07 Å². The van der Waals surface area contributed by atoms with Gasteiger partial charge in [0.2, 0.25) is 6.79 Å². The minimum absolute atomic E-state index is 0.0275. The molecule has 0 aliphatic carbocycles. The van der Waals surface area contributed by atoms with E-state index in [4.69, 9.17) is 13.9 Å². The average molecular weight is 421 g/mol. The summed E-state index contributed by atoms with van der Waals surface area (Å²) in [6, 6.07) is 13.4. The van der Waals surface area contributed by atoms with Gasteiger partial charge in [-0.3, -0.25) is 19.7 Å². The Kier molecular flexibility index (Phi) is 5.35. The molecule has 156 valence electrons. The van der Waals surface area contributed by atoms with Crippen molar-refractivity contribution in [3.8, 4) is 11.5 Å². The van der Waals surface area contributed by atoms with Gasteiger partial charge in [0.05, 0.1) is 11.2 Å². The summed E-state index contributed by atoms with van der Waals surface area (Å²) in [5.41, 5.74) is 0.719. The van der Waals surface area contributed by atoms with Crippen LogP contribution in [0.1, 0.15) is 16.1 Å². The van der Waals surface area contributed by atoms with E-state index in [1.54, 1.807) is 24.3 Å². The first-order valence-electron chi connectivity index (χ1n) is 9.01. The maximum Gasteiger partial charge on any atom is 0.291 e. The highest BCUT2D eigenvalue weighted by atomic mass is 16.7. The number of nitro benzene ring substituents is 1. The first-order chi connectivity index (χ1) is 15.0. The number of hydrogen-bond acceptors (Lipinski definition) is 7. The summed E-state index contributed by atoms with van der Waals surface area (Å²) in [5.74, 6) is -0.128. The largest absolute Gasteiger partial charge is 0.459 e. The zero-order chi connectivity index (χ0) is 21.8. The molecule has 1 aliphatic rings. The molecule has 0 saturated carbocycles. The Bertz CT molecular complexity index is 1170. The lowest BCUT2D eigenvalue weighted by Gasteiger charge is -2.10. The van der Waals surface area contributed by atoms with Crippen LogP contribution >= 0.6 is 0 Å². The zero-order valence-corrected chi connectivity index (χ0v) is 15.9. The minimum atomic E-state index is -0.633. The smallest absolute Gasteiger partial charge is 0.291 e. The number of nitro groups is 1. The molecule has 10 heteroatoms. The number of non-ortho nitro benzene ring substituents is 1. The highest BCUT2D eigenvalue weighted by Crippen LogP contribution is 2.33. The topological polar surface area (TPSA) is 133 Å². The number of amides is 2. The van der Waals surface area contributed by atoms with Gasteiger partial charge < -0.3 is 24.5 Å². The number of anilines is 1. The summed E-state index contributed by atoms with van der Waals surface area (Å²) in [5, 5.41) is 15.9. The Hall–Kier alpha value is -4.60. The number of ether oxygens (including phenoxy) is 2. The van der Waals surface area contributed by atoms with Crippen LogP contribution in [-0.2, 0) is 4.79 Å². The zero-order valence-electron chi connectivity index (χ0n) is 15.9. The Morgan fingerprint density at radius 2 is 1.81 bits per heavy atom. The Morgan fingerprint density at radius 1 is 1.03 bits per heavy atom. The van der Waals surface area contributed by atoms with Gasteiger partial charge in [0, 0.05) is 17.8 Å². The molecule has 10 nitrogen and oxygen atoms in total. The highest BCUT2D eigenvalue weighted by Gasteiger charge is 2.18. The second-order valence-corrected chi connectivity index (χ2v) is 6.36. The summed E-state index contributed by atoms with van der Waals surface area (Å²) in [6.45, 7) is 0.102. The van der Waals surface area contributed by atoms with Gasteiger partial charge in [0.15, 0.2) is 17.3 Å². The molecule has 0 saturated heterocycles. The third kappa shape index (κ3) is 4.53. The van der Waals surface area contributed by atoms with Gasteiger partial charge in [-0.05, 0) is 48.0 Å². The fraction of sp³-hybridized carbons (Fsp3) is 0.0476. The van der Waals surface area contributed by atoms with Crippen LogP contribution in [0.4, 0.5) is 11.4 Å². The van der Waals surface area contributed by atoms with Gasteiger partial charge >= 0.3 is 0 Å². The second kappa shape index (κ2) is 8.41. The van der Waals surface area contributed by atoms with Crippen LogP contribution in [0.2, 0.25) is 0 Å². The fourth-order valence-electron chi connectivity index (χ4n) is 2.78. The van der Waals surface area contributed by atoms with Crippen LogP contribution in [-0.4, -0.2) is 23.5 Å². The summed E-state index contributed by atoms with van der Waals surface area (Å²) in [6.07, 6.45) is 2.80. The van der Waals surface area contributed by atoms with Crippen LogP contribution in [0.15, 0.2) is 71.0 Å². The molecule has 31 heavy (non-hydrogen) atoms. The summed E-state index contributed by atoms with van der Waals surface area (Å²) < 4.78 is 15.7. The van der Waals surface area contributed by atoms with Crippen molar-refractivity contribution in [2.75, 3.05) is 12.1 Å². The monoisotopic (exact) mass is 421 g/mol. The van der Waals surface area contributed by atoms with Crippen LogP contribution in [0, 0.1) is 10.1 Å². The van der Waals surface area contributed by atoms with Crippen LogP contribution in [0.25, 0.3) is 6.08 Å². The lowest BCUT2D eigenvalue weighted by Crippen LogP contribution is -2.30. The van der Waals surface area contributed by atoms with Gasteiger partial charge in [0.25, 0.3) is 17.5 Å². The lowest BCUT2D eigenvalue weighted by atomic mass is 10.1. The number of rotatable bonds is 6. The molecule has 1 aromatic heterocycles. The molecule has 2 heterocycles. The van der Waals surface area contributed by atoms with E-state index in [2.05, 4.69) is 10.6 Å². The quantitative estimate of drug-likeness (QED) is 0.354. The van der Waals surface area contributed by atoms with Crippen molar-refractivity contribution in [1.82, 2.24) is 5.32 Å². The van der Waals surface area contributed by atoms with Gasteiger partial charge in [-0.2, -0.15) is 0 Å². The highest BCUT2D eigenvalue weighted by molar-refractivity contribution is 6.10. The fourth-order valence-corrected chi connectivity index (χ4v) is 2.78. The van der Waals surface area contributed by atoms with E-state index < -0.39 is 16.7 Å². The van der Waals surface area contributed by atoms with E-state index in [0.29, 0.717) is 22.7 Å². The molecule has 4 rings (SSSR count). The van der Waals surface area contributed by atoms with Gasteiger partial charge in [-0.25, -0.2) is 0 Å². The standard InChI is InChI=1S/C21H15N3O7/c25-20(22-14-4-6-15(7-5-14)24(27)28)16(23-21(26)18-2-1-9-29-18)10-13-3-8-17-19(11-13)31-12-30-17/h1-11H,12H2,(H,22,25)(H,23,26). The number of nitrogens with one attached hydrogen (secondary N) is 2. The van der Waals surface area contributed by atoms with Gasteiger partial charge in [0.1, 0.15) is 5.70 Å². The predicted octanol–water partition coefficient (Wildman–Crippen LogP) is 3.33. The number of furan rings is 1. The van der Waals surface area contributed by atoms with Gasteiger partial charge in [-0.15, -0.1) is 0 Å². The normalized spacial score (nSPS) is 12.3. The number of carbonyl (C=O) groups is 2. The number of nitrogens with zero attached hydrogens (tertiary/aromatic N) is 1. The molecule has 0 unspecified atom stereocenters. The third-order valence-corrected chi connectivity index (χ3v) is 4.28. The molecule has 1 aliphatic heterocycles. The Labute approximate surface area is 175 Å². The van der Waals surface area contributed by atoms with E-state index in [0.717, 1.165) is 0 Å². The maximum absolute atomic E-state index is 12.9. The van der Waals surface area contributed by atoms with Crippen molar-refractivity contribution in [3.63, 3.8) is 0 Å². The van der Waals surface area contributed by atoms with Crippen molar-refractivity contribution in [2.45, 2.75) is 0 Å². The molecule has 0 atom stereocenters. The van der Waals surface area contributed by atoms with Crippen molar-refractivity contribution >= 4 is 29.3 Å². The predicted molar refractivity (Wildman–Crippen MR) is 108 cm³/mol. The average Bonchev–Trinajstić information content (AvgIpc) is 3.45. The molecule has 3 aromatic rings. The molecule has 0 bridgehead atoms. The first kappa shape index (κ1) is 19.7.